The molecule has 4 N–H and O–H groups in total. The topological polar surface area (TPSA) is 156 Å². The van der Waals surface area contributed by atoms with Gasteiger partial charge in [0.1, 0.15) is 34.9 Å². The fraction of sp³-hybridized carbons (Fsp3) is 0.167. The Morgan fingerprint density at radius 3 is 1.63 bits per heavy atom. The van der Waals surface area contributed by atoms with Crippen LogP contribution in [0.5, 0.6) is 23.0 Å². The molecular weight excluding hydrogens is 806 g/mol. The number of benzene rings is 4. The summed E-state index contributed by atoms with van der Waals surface area (Å²) >= 11 is 6.85. The van der Waals surface area contributed by atoms with Crippen LogP contribution in [0.1, 0.15) is 12.6 Å². The summed E-state index contributed by atoms with van der Waals surface area (Å²) < 4.78 is 23.1. The number of nitrogens with two attached hydrogens (primary N) is 1. The zero-order chi connectivity index (χ0) is 35.8. The number of halogens is 2. The molecule has 2 aromatic heterocycles. The Morgan fingerprint density at radius 2 is 1.17 bits per heavy atom. The number of nitrogen functional groups attached to an aromatic ring is 1. The standard InChI is InChI=1S/C18H16BrN3O4.C18H18BrN3O2.B.Na.H/c1-25-13-5-3-11(17(8-13)26-2)9-21-18-14-6-4-12(19)7-15(14)20-10-16(18)22(23)24;1-23-13-5-3-11(17(8-13)24-2)9-22-18-14-6-4-12(19)7-16(14)21-10-15(18)20;;;/h3-8,10H,9H2,1-2H3,(H,20,21);3-8,10H,9,20H2,1-2H3,(H,21,22);;;/q;;;+1;-1. The SMILES string of the molecule is COc1ccc(CNc2c(N)cnc3cc(Br)ccc23)c(OC)c1.COc1ccc(CNc2c([N+](=O)[O-])cnc3cc(Br)ccc23)c(OC)c1.[B].[H-].[Na+]. The normalized spacial score (nSPS) is 10.2. The molecule has 0 spiro atoms. The van der Waals surface area contributed by atoms with Crippen molar-refractivity contribution in [1.29, 1.82) is 0 Å². The Balaban J connectivity index is 0.000000348. The van der Waals surface area contributed by atoms with Crippen molar-refractivity contribution in [2.75, 3.05) is 44.8 Å². The van der Waals surface area contributed by atoms with Crippen molar-refractivity contribution in [1.82, 2.24) is 9.97 Å². The van der Waals surface area contributed by atoms with Crippen LogP contribution in [0.15, 0.2) is 94.1 Å². The molecule has 6 aromatic rings. The van der Waals surface area contributed by atoms with Crippen molar-refractivity contribution in [2.45, 2.75) is 13.1 Å². The van der Waals surface area contributed by atoms with Gasteiger partial charge < -0.3 is 36.7 Å². The third kappa shape index (κ3) is 9.98. The second-order valence-electron chi connectivity index (χ2n) is 10.7. The van der Waals surface area contributed by atoms with E-state index in [1.54, 1.807) is 46.8 Å². The number of nitrogens with one attached hydrogen (secondary N) is 2. The molecule has 263 valence electrons. The monoisotopic (exact) mass is 839 g/mol. The molecule has 0 saturated carbocycles. The van der Waals surface area contributed by atoms with Crippen molar-refractivity contribution in [3.8, 4) is 23.0 Å². The Labute approximate surface area is 343 Å². The average Bonchev–Trinajstić information content (AvgIpc) is 3.13. The Morgan fingerprint density at radius 1 is 0.712 bits per heavy atom. The number of rotatable bonds is 11. The van der Waals surface area contributed by atoms with Gasteiger partial charge in [-0.15, -0.1) is 0 Å². The molecule has 0 bridgehead atoms. The first kappa shape index (κ1) is 42.1. The minimum atomic E-state index is -0.442. The van der Waals surface area contributed by atoms with Crippen LogP contribution in [-0.4, -0.2) is 51.7 Å². The summed E-state index contributed by atoms with van der Waals surface area (Å²) in [4.78, 5) is 19.5. The van der Waals surface area contributed by atoms with E-state index in [9.17, 15) is 10.1 Å². The number of ether oxygens (including phenoxy) is 4. The maximum absolute atomic E-state index is 11.4. The van der Waals surface area contributed by atoms with Gasteiger partial charge in [0.15, 0.2) is 0 Å². The fourth-order valence-electron chi connectivity index (χ4n) is 5.22. The van der Waals surface area contributed by atoms with Gasteiger partial charge in [-0.1, -0.05) is 31.9 Å². The van der Waals surface area contributed by atoms with Crippen molar-refractivity contribution >= 4 is 84.8 Å². The van der Waals surface area contributed by atoms with Crippen molar-refractivity contribution in [3.05, 3.63) is 115 Å². The molecule has 2 heterocycles. The van der Waals surface area contributed by atoms with E-state index in [0.29, 0.717) is 46.9 Å². The predicted octanol–water partition coefficient (Wildman–Crippen LogP) is 5.48. The van der Waals surface area contributed by atoms with Crippen LogP contribution in [0.2, 0.25) is 0 Å². The molecule has 0 amide bonds. The van der Waals surface area contributed by atoms with E-state index in [-0.39, 0.29) is 45.1 Å². The van der Waals surface area contributed by atoms with Crippen LogP contribution in [0.25, 0.3) is 21.8 Å². The molecule has 3 radical (unpaired) electrons. The predicted molar refractivity (Wildman–Crippen MR) is 211 cm³/mol. The Bertz CT molecular complexity index is 2190. The number of aromatic nitrogens is 2. The number of hydrogen-bond acceptors (Lipinski definition) is 11. The van der Waals surface area contributed by atoms with Gasteiger partial charge in [0, 0.05) is 64.5 Å². The molecule has 0 aliphatic rings. The van der Waals surface area contributed by atoms with E-state index in [0.717, 1.165) is 48.2 Å². The second-order valence-corrected chi connectivity index (χ2v) is 12.6. The zero-order valence-electron chi connectivity index (χ0n) is 30.2. The van der Waals surface area contributed by atoms with E-state index in [2.05, 4.69) is 52.5 Å². The zero-order valence-corrected chi connectivity index (χ0v) is 34.4. The molecule has 0 unspecified atom stereocenters. The van der Waals surface area contributed by atoms with Crippen molar-refractivity contribution < 1.29 is 54.9 Å². The number of nitro groups is 1. The van der Waals surface area contributed by atoms with Crippen molar-refractivity contribution in [3.63, 3.8) is 0 Å². The van der Waals surface area contributed by atoms with Gasteiger partial charge in [-0.05, 0) is 60.7 Å². The molecule has 0 saturated heterocycles. The molecular formula is C36H35BBr2N6NaO6. The van der Waals surface area contributed by atoms with Crippen LogP contribution in [0.3, 0.4) is 0 Å². The third-order valence-electron chi connectivity index (χ3n) is 7.77. The first-order valence-electron chi connectivity index (χ1n) is 15.1. The summed E-state index contributed by atoms with van der Waals surface area (Å²) in [7, 11) is 6.43. The van der Waals surface area contributed by atoms with Gasteiger partial charge in [-0.2, -0.15) is 0 Å². The van der Waals surface area contributed by atoms with Gasteiger partial charge in [-0.3, -0.25) is 15.1 Å². The molecule has 0 atom stereocenters. The molecule has 0 aliphatic carbocycles. The molecule has 0 aliphatic heterocycles. The number of fused-ring (bicyclic) bond motifs is 2. The Hall–Kier alpha value is -4.28. The van der Waals surface area contributed by atoms with E-state index in [1.165, 1.54) is 6.20 Å². The smallest absolute Gasteiger partial charge is 1.00 e. The maximum atomic E-state index is 11.4. The van der Waals surface area contributed by atoms with Crippen molar-refractivity contribution in [2.24, 2.45) is 0 Å². The third-order valence-corrected chi connectivity index (χ3v) is 8.75. The summed E-state index contributed by atoms with van der Waals surface area (Å²) in [6.07, 6.45) is 2.94. The van der Waals surface area contributed by atoms with Crippen LogP contribution in [0.4, 0.5) is 22.7 Å². The van der Waals surface area contributed by atoms with E-state index < -0.39 is 4.92 Å². The number of hydrogen-bond donors (Lipinski definition) is 3. The molecule has 12 nitrogen and oxygen atoms in total. The number of nitrogens with zero attached hydrogens (tertiary/aromatic N) is 3. The summed E-state index contributed by atoms with van der Waals surface area (Å²) in [6.45, 7) is 0.926. The average molecular weight is 841 g/mol. The minimum absolute atomic E-state index is 0. The molecule has 0 fully saturated rings. The van der Waals surface area contributed by atoms with Gasteiger partial charge >= 0.3 is 35.2 Å². The molecule has 4 aromatic carbocycles. The quantitative estimate of drug-likeness (QED) is 0.0864. The molecule has 52 heavy (non-hydrogen) atoms. The molecule has 16 heteroatoms. The summed E-state index contributed by atoms with van der Waals surface area (Å²) in [5.41, 5.74) is 11.3. The van der Waals surface area contributed by atoms with Gasteiger partial charge in [0.2, 0.25) is 0 Å². The van der Waals surface area contributed by atoms with E-state index in [1.807, 2.05) is 60.7 Å². The van der Waals surface area contributed by atoms with Gasteiger partial charge in [-0.25, -0.2) is 4.98 Å². The number of methoxy groups -OCH3 is 4. The first-order valence-corrected chi connectivity index (χ1v) is 16.7. The largest absolute Gasteiger partial charge is 1.00 e. The number of pyridine rings is 2. The van der Waals surface area contributed by atoms with Crippen LogP contribution in [-0.2, 0) is 13.1 Å². The van der Waals surface area contributed by atoms with Gasteiger partial charge in [0.05, 0.1) is 62.0 Å². The fourth-order valence-corrected chi connectivity index (χ4v) is 5.92. The minimum Gasteiger partial charge on any atom is -1.00 e. The van der Waals surface area contributed by atoms with E-state index >= 15 is 0 Å². The van der Waals surface area contributed by atoms with E-state index in [4.69, 9.17) is 24.7 Å². The molecule has 6 rings (SSSR count). The first-order chi connectivity index (χ1) is 24.1. The summed E-state index contributed by atoms with van der Waals surface area (Å²) in [6, 6.07) is 22.6. The van der Waals surface area contributed by atoms with Crippen LogP contribution in [0, 0.1) is 10.1 Å². The second kappa shape index (κ2) is 19.5. The van der Waals surface area contributed by atoms with Crippen LogP contribution >= 0.6 is 31.9 Å². The summed E-state index contributed by atoms with van der Waals surface area (Å²) in [5.74, 6) is 2.84. The maximum Gasteiger partial charge on any atom is 1.00 e. The van der Waals surface area contributed by atoms with Crippen LogP contribution < -0.4 is 64.9 Å². The van der Waals surface area contributed by atoms with Gasteiger partial charge in [0.25, 0.3) is 0 Å². The number of anilines is 3. The Kier molecular flexibility index (Phi) is 15.8. The summed E-state index contributed by atoms with van der Waals surface area (Å²) in [5, 5.41) is 19.6.